The smallest absolute Gasteiger partial charge is 0.256 e. The van der Waals surface area contributed by atoms with Crippen LogP contribution in [0.2, 0.25) is 0 Å². The molecule has 0 fully saturated rings. The number of rotatable bonds is 3. The van der Waals surface area contributed by atoms with Gasteiger partial charge in [0, 0.05) is 18.6 Å². The molecule has 4 nitrogen and oxygen atoms in total. The summed E-state index contributed by atoms with van der Waals surface area (Å²) in [6.45, 7) is 2.01. The average molecular weight is 314 g/mol. The standard InChI is InChI=1S/C11H12BrN3OS/c1-3-8-9(5-15(2)14-8)13-11(16)7-4-10(12)17-6-7/h4-6H,3H2,1-2H3,(H,13,16). The summed E-state index contributed by atoms with van der Waals surface area (Å²) in [4.78, 5) is 11.9. The van der Waals surface area contributed by atoms with E-state index in [2.05, 4.69) is 26.3 Å². The second-order valence-electron chi connectivity index (χ2n) is 3.61. The van der Waals surface area contributed by atoms with Crippen LogP contribution < -0.4 is 5.32 Å². The van der Waals surface area contributed by atoms with Gasteiger partial charge in [0.25, 0.3) is 5.91 Å². The van der Waals surface area contributed by atoms with Gasteiger partial charge >= 0.3 is 0 Å². The van der Waals surface area contributed by atoms with Crippen molar-refractivity contribution >= 4 is 38.9 Å². The van der Waals surface area contributed by atoms with Crippen molar-refractivity contribution in [3.63, 3.8) is 0 Å². The van der Waals surface area contributed by atoms with Gasteiger partial charge in [-0.1, -0.05) is 6.92 Å². The molecule has 0 aliphatic carbocycles. The van der Waals surface area contributed by atoms with Crippen LogP contribution in [0.3, 0.4) is 0 Å². The molecule has 0 unspecified atom stereocenters. The predicted molar refractivity (Wildman–Crippen MR) is 72.6 cm³/mol. The lowest BCUT2D eigenvalue weighted by Crippen LogP contribution is -2.11. The molecule has 2 rings (SSSR count). The van der Waals surface area contributed by atoms with Crippen LogP contribution in [0.4, 0.5) is 5.69 Å². The van der Waals surface area contributed by atoms with Crippen LogP contribution in [0.1, 0.15) is 23.0 Å². The SMILES string of the molecule is CCc1nn(C)cc1NC(=O)c1csc(Br)c1. The van der Waals surface area contributed by atoms with Gasteiger partial charge in [0.05, 0.1) is 20.7 Å². The molecule has 0 saturated carbocycles. The normalized spacial score (nSPS) is 10.5. The van der Waals surface area contributed by atoms with E-state index in [0.717, 1.165) is 21.6 Å². The lowest BCUT2D eigenvalue weighted by atomic mass is 10.2. The van der Waals surface area contributed by atoms with E-state index in [-0.39, 0.29) is 5.91 Å². The van der Waals surface area contributed by atoms with Crippen LogP contribution in [0.15, 0.2) is 21.4 Å². The molecule has 2 aromatic heterocycles. The molecular weight excluding hydrogens is 302 g/mol. The van der Waals surface area contributed by atoms with Gasteiger partial charge in [0.15, 0.2) is 0 Å². The van der Waals surface area contributed by atoms with Crippen LogP contribution in [0.25, 0.3) is 0 Å². The van der Waals surface area contributed by atoms with Crippen molar-refractivity contribution in [2.24, 2.45) is 7.05 Å². The number of carbonyl (C=O) groups is 1. The Morgan fingerprint density at radius 2 is 2.41 bits per heavy atom. The average Bonchev–Trinajstić information content (AvgIpc) is 2.85. The van der Waals surface area contributed by atoms with E-state index < -0.39 is 0 Å². The molecule has 0 saturated heterocycles. The van der Waals surface area contributed by atoms with Gasteiger partial charge < -0.3 is 5.32 Å². The largest absolute Gasteiger partial charge is 0.319 e. The van der Waals surface area contributed by atoms with Crippen molar-refractivity contribution in [2.45, 2.75) is 13.3 Å². The number of aromatic nitrogens is 2. The minimum absolute atomic E-state index is 0.102. The van der Waals surface area contributed by atoms with Gasteiger partial charge in [-0.05, 0) is 28.4 Å². The highest BCUT2D eigenvalue weighted by Gasteiger charge is 2.12. The third-order valence-electron chi connectivity index (χ3n) is 2.32. The number of hydrogen-bond acceptors (Lipinski definition) is 3. The van der Waals surface area contributed by atoms with Crippen molar-refractivity contribution < 1.29 is 4.79 Å². The first kappa shape index (κ1) is 12.3. The Bertz CT molecular complexity index is 547. The fraction of sp³-hybridized carbons (Fsp3) is 0.273. The zero-order valence-corrected chi connectivity index (χ0v) is 11.9. The molecule has 0 aliphatic heterocycles. The molecule has 2 heterocycles. The van der Waals surface area contributed by atoms with Crippen molar-refractivity contribution in [1.29, 1.82) is 0 Å². The Morgan fingerprint density at radius 3 is 3.00 bits per heavy atom. The zero-order chi connectivity index (χ0) is 12.4. The Morgan fingerprint density at radius 1 is 1.65 bits per heavy atom. The van der Waals surface area contributed by atoms with E-state index in [1.807, 2.05) is 31.6 Å². The van der Waals surface area contributed by atoms with E-state index in [0.29, 0.717) is 5.56 Å². The van der Waals surface area contributed by atoms with Crippen molar-refractivity contribution in [3.8, 4) is 0 Å². The first-order valence-corrected chi connectivity index (χ1v) is 6.85. The van der Waals surface area contributed by atoms with Crippen LogP contribution in [-0.4, -0.2) is 15.7 Å². The van der Waals surface area contributed by atoms with Gasteiger partial charge in [-0.15, -0.1) is 11.3 Å². The van der Waals surface area contributed by atoms with Crippen molar-refractivity contribution in [3.05, 3.63) is 32.7 Å². The Labute approximate surface area is 112 Å². The lowest BCUT2D eigenvalue weighted by Gasteiger charge is -2.01. The summed E-state index contributed by atoms with van der Waals surface area (Å²) < 4.78 is 2.65. The first-order chi connectivity index (χ1) is 8.10. The lowest BCUT2D eigenvalue weighted by molar-refractivity contribution is 0.102. The molecule has 0 bridgehead atoms. The number of anilines is 1. The Balaban J connectivity index is 2.18. The van der Waals surface area contributed by atoms with E-state index in [1.165, 1.54) is 11.3 Å². The van der Waals surface area contributed by atoms with Gasteiger partial charge in [-0.3, -0.25) is 9.48 Å². The molecule has 0 aliphatic rings. The molecule has 2 aromatic rings. The quantitative estimate of drug-likeness (QED) is 0.946. The van der Waals surface area contributed by atoms with Crippen LogP contribution >= 0.6 is 27.3 Å². The number of carbonyl (C=O) groups excluding carboxylic acids is 1. The summed E-state index contributed by atoms with van der Waals surface area (Å²) in [6, 6.07) is 1.81. The molecule has 1 amide bonds. The topological polar surface area (TPSA) is 46.9 Å². The molecule has 6 heteroatoms. The highest BCUT2D eigenvalue weighted by molar-refractivity contribution is 9.11. The molecule has 0 atom stereocenters. The number of amides is 1. The number of hydrogen-bond donors (Lipinski definition) is 1. The van der Waals surface area contributed by atoms with E-state index in [1.54, 1.807) is 4.68 Å². The fourth-order valence-corrected chi connectivity index (χ4v) is 2.66. The molecular formula is C11H12BrN3OS. The zero-order valence-electron chi connectivity index (χ0n) is 9.53. The summed E-state index contributed by atoms with van der Waals surface area (Å²) in [5.74, 6) is -0.102. The third-order valence-corrected chi connectivity index (χ3v) is 3.82. The second kappa shape index (κ2) is 5.01. The maximum atomic E-state index is 11.9. The highest BCUT2D eigenvalue weighted by atomic mass is 79.9. The highest BCUT2D eigenvalue weighted by Crippen LogP contribution is 2.22. The molecule has 90 valence electrons. The molecule has 17 heavy (non-hydrogen) atoms. The Kier molecular flexibility index (Phi) is 3.63. The number of halogens is 1. The second-order valence-corrected chi connectivity index (χ2v) is 5.90. The predicted octanol–water partition coefficient (Wildman–Crippen LogP) is 3.06. The summed E-state index contributed by atoms with van der Waals surface area (Å²) >= 11 is 4.83. The fourth-order valence-electron chi connectivity index (χ4n) is 1.52. The summed E-state index contributed by atoms with van der Waals surface area (Å²) in [5.41, 5.74) is 2.34. The van der Waals surface area contributed by atoms with E-state index in [9.17, 15) is 4.79 Å². The van der Waals surface area contributed by atoms with E-state index >= 15 is 0 Å². The number of nitrogens with zero attached hydrogens (tertiary/aromatic N) is 2. The first-order valence-electron chi connectivity index (χ1n) is 5.18. The molecule has 0 aromatic carbocycles. The Hall–Kier alpha value is -1.14. The van der Waals surface area contributed by atoms with Crippen LogP contribution in [0, 0.1) is 0 Å². The minimum Gasteiger partial charge on any atom is -0.319 e. The van der Waals surface area contributed by atoms with Gasteiger partial charge in [-0.2, -0.15) is 5.10 Å². The summed E-state index contributed by atoms with van der Waals surface area (Å²) in [7, 11) is 1.84. The van der Waals surface area contributed by atoms with Gasteiger partial charge in [0.2, 0.25) is 0 Å². The van der Waals surface area contributed by atoms with Crippen LogP contribution in [-0.2, 0) is 13.5 Å². The maximum absolute atomic E-state index is 11.9. The van der Waals surface area contributed by atoms with Crippen LogP contribution in [0.5, 0.6) is 0 Å². The molecule has 1 N–H and O–H groups in total. The monoisotopic (exact) mass is 313 g/mol. The summed E-state index contributed by atoms with van der Waals surface area (Å²) in [5, 5.41) is 8.97. The molecule has 0 radical (unpaired) electrons. The number of nitrogens with one attached hydrogen (secondary N) is 1. The van der Waals surface area contributed by atoms with Gasteiger partial charge in [0.1, 0.15) is 0 Å². The molecule has 0 spiro atoms. The minimum atomic E-state index is -0.102. The van der Waals surface area contributed by atoms with Crippen molar-refractivity contribution in [2.75, 3.05) is 5.32 Å². The number of aryl methyl sites for hydroxylation is 2. The maximum Gasteiger partial charge on any atom is 0.256 e. The number of thiophene rings is 1. The van der Waals surface area contributed by atoms with E-state index in [4.69, 9.17) is 0 Å². The summed E-state index contributed by atoms with van der Waals surface area (Å²) in [6.07, 6.45) is 2.61. The van der Waals surface area contributed by atoms with Crippen molar-refractivity contribution in [1.82, 2.24) is 9.78 Å². The third kappa shape index (κ3) is 2.76. The van der Waals surface area contributed by atoms with Gasteiger partial charge in [-0.25, -0.2) is 0 Å².